The van der Waals surface area contributed by atoms with Crippen LogP contribution in [0.2, 0.25) is 0 Å². The third kappa shape index (κ3) is 1.72. The molecule has 1 fully saturated rings. The topological polar surface area (TPSA) is 38.0 Å². The van der Waals surface area contributed by atoms with E-state index in [1.165, 1.54) is 0 Å². The van der Waals surface area contributed by atoms with Gasteiger partial charge in [-0.3, -0.25) is 0 Å². The molecule has 0 aliphatic carbocycles. The summed E-state index contributed by atoms with van der Waals surface area (Å²) in [5, 5.41) is 3.27. The summed E-state index contributed by atoms with van der Waals surface area (Å²) in [5.74, 6) is 0.575. The van der Waals surface area contributed by atoms with Crippen LogP contribution in [0.3, 0.4) is 0 Å². The second-order valence-corrected chi connectivity index (χ2v) is 2.60. The van der Waals surface area contributed by atoms with E-state index in [0.29, 0.717) is 5.92 Å². The van der Waals surface area contributed by atoms with E-state index in [2.05, 4.69) is 11.9 Å². The highest BCUT2D eigenvalue weighted by Gasteiger charge is 2.12. The Morgan fingerprint density at radius 1 is 1.44 bits per heavy atom. The van der Waals surface area contributed by atoms with Gasteiger partial charge in [0.2, 0.25) is 0 Å². The van der Waals surface area contributed by atoms with Gasteiger partial charge in [-0.2, -0.15) is 0 Å². The van der Waals surface area contributed by atoms with Gasteiger partial charge >= 0.3 is 0 Å². The molecule has 0 aromatic carbocycles. The zero-order valence-electron chi connectivity index (χ0n) is 5.69. The first-order valence-electron chi connectivity index (χ1n) is 3.45. The summed E-state index contributed by atoms with van der Waals surface area (Å²) < 4.78 is 0. The van der Waals surface area contributed by atoms with E-state index in [0.717, 1.165) is 31.6 Å². The minimum Gasteiger partial charge on any atom is -0.402 e. The molecule has 52 valence electrons. The Bertz CT molecular complexity index is 103. The predicted molar refractivity (Wildman–Crippen MR) is 38.9 cm³/mol. The average Bonchev–Trinajstić information content (AvgIpc) is 1.90. The van der Waals surface area contributed by atoms with Crippen molar-refractivity contribution in [2.75, 3.05) is 13.1 Å². The molecule has 0 atom stereocenters. The fourth-order valence-corrected chi connectivity index (χ4v) is 1.19. The number of hydrogen-bond donors (Lipinski definition) is 2. The highest BCUT2D eigenvalue weighted by molar-refractivity contribution is 4.96. The Labute approximate surface area is 56.1 Å². The highest BCUT2D eigenvalue weighted by Crippen LogP contribution is 2.15. The van der Waals surface area contributed by atoms with Crippen LogP contribution in [0.15, 0.2) is 12.3 Å². The molecular formula is C7H14N2. The smallest absolute Gasteiger partial charge is 0.00399 e. The molecule has 0 aromatic heterocycles. The molecule has 0 saturated carbocycles. The van der Waals surface area contributed by atoms with Gasteiger partial charge in [-0.1, -0.05) is 6.58 Å². The molecule has 3 N–H and O–H groups in total. The van der Waals surface area contributed by atoms with Crippen LogP contribution >= 0.6 is 0 Å². The van der Waals surface area contributed by atoms with Gasteiger partial charge in [0.15, 0.2) is 0 Å². The fraction of sp³-hybridized carbons (Fsp3) is 0.714. The van der Waals surface area contributed by atoms with E-state index < -0.39 is 0 Å². The van der Waals surface area contributed by atoms with E-state index in [4.69, 9.17) is 5.73 Å². The van der Waals surface area contributed by atoms with Crippen molar-refractivity contribution in [3.8, 4) is 0 Å². The molecule has 0 radical (unpaired) electrons. The van der Waals surface area contributed by atoms with Crippen molar-refractivity contribution in [3.05, 3.63) is 12.3 Å². The van der Waals surface area contributed by atoms with Gasteiger partial charge < -0.3 is 11.1 Å². The van der Waals surface area contributed by atoms with Crippen LogP contribution in [0.1, 0.15) is 12.8 Å². The Kier molecular flexibility index (Phi) is 2.11. The maximum absolute atomic E-state index is 5.54. The van der Waals surface area contributed by atoms with Crippen LogP contribution in [0.4, 0.5) is 0 Å². The third-order valence-corrected chi connectivity index (χ3v) is 1.86. The maximum Gasteiger partial charge on any atom is 0.00399 e. The molecule has 2 heteroatoms. The monoisotopic (exact) mass is 126 g/mol. The third-order valence-electron chi connectivity index (χ3n) is 1.86. The Hall–Kier alpha value is -0.500. The van der Waals surface area contributed by atoms with Gasteiger partial charge in [-0.25, -0.2) is 0 Å². The zero-order chi connectivity index (χ0) is 6.69. The average molecular weight is 126 g/mol. The summed E-state index contributed by atoms with van der Waals surface area (Å²) in [6, 6.07) is 0. The molecular weight excluding hydrogens is 112 g/mol. The Morgan fingerprint density at radius 3 is 2.33 bits per heavy atom. The summed E-state index contributed by atoms with van der Waals surface area (Å²) in [6.45, 7) is 5.92. The number of nitrogens with two attached hydrogens (primary N) is 1. The van der Waals surface area contributed by atoms with E-state index in [1.54, 1.807) is 0 Å². The molecule has 0 aromatic rings. The number of nitrogens with one attached hydrogen (secondary N) is 1. The van der Waals surface area contributed by atoms with Crippen LogP contribution in [0.5, 0.6) is 0 Å². The van der Waals surface area contributed by atoms with Gasteiger partial charge in [0.05, 0.1) is 0 Å². The van der Waals surface area contributed by atoms with E-state index in [9.17, 15) is 0 Å². The lowest BCUT2D eigenvalue weighted by Crippen LogP contribution is -2.30. The van der Waals surface area contributed by atoms with Crippen molar-refractivity contribution < 1.29 is 0 Å². The molecule has 0 bridgehead atoms. The Balaban J connectivity index is 2.31. The highest BCUT2D eigenvalue weighted by atomic mass is 14.9. The number of allylic oxidation sites excluding steroid dienone is 1. The molecule has 9 heavy (non-hydrogen) atoms. The second-order valence-electron chi connectivity index (χ2n) is 2.60. The molecule has 1 heterocycles. The fourth-order valence-electron chi connectivity index (χ4n) is 1.19. The number of piperidine rings is 1. The lowest BCUT2D eigenvalue weighted by molar-refractivity contribution is 0.418. The van der Waals surface area contributed by atoms with Crippen molar-refractivity contribution >= 4 is 0 Å². The SMILES string of the molecule is C=C(N)C1CCNCC1. The van der Waals surface area contributed by atoms with E-state index >= 15 is 0 Å². The second kappa shape index (κ2) is 2.87. The van der Waals surface area contributed by atoms with Gasteiger partial charge in [0, 0.05) is 11.6 Å². The summed E-state index contributed by atoms with van der Waals surface area (Å²) in [4.78, 5) is 0. The summed E-state index contributed by atoms with van der Waals surface area (Å²) in [6.07, 6.45) is 2.32. The quantitative estimate of drug-likeness (QED) is 0.535. The minimum atomic E-state index is 0.575. The van der Waals surface area contributed by atoms with Crippen molar-refractivity contribution in [3.63, 3.8) is 0 Å². The zero-order valence-corrected chi connectivity index (χ0v) is 5.69. The molecule has 1 aliphatic rings. The van der Waals surface area contributed by atoms with Crippen LogP contribution in [-0.4, -0.2) is 13.1 Å². The number of rotatable bonds is 1. The Morgan fingerprint density at radius 2 is 2.00 bits per heavy atom. The predicted octanol–water partition coefficient (Wildman–Crippen LogP) is 0.458. The maximum atomic E-state index is 5.54. The molecule has 0 amide bonds. The first-order chi connectivity index (χ1) is 4.30. The molecule has 0 spiro atoms. The van der Waals surface area contributed by atoms with Crippen LogP contribution in [-0.2, 0) is 0 Å². The van der Waals surface area contributed by atoms with Crippen molar-refractivity contribution in [1.82, 2.24) is 5.32 Å². The lowest BCUT2D eigenvalue weighted by atomic mass is 9.96. The molecule has 2 nitrogen and oxygen atoms in total. The summed E-state index contributed by atoms with van der Waals surface area (Å²) in [5.41, 5.74) is 6.40. The van der Waals surface area contributed by atoms with Crippen molar-refractivity contribution in [2.45, 2.75) is 12.8 Å². The van der Waals surface area contributed by atoms with E-state index in [-0.39, 0.29) is 0 Å². The first kappa shape index (κ1) is 6.62. The van der Waals surface area contributed by atoms with Crippen LogP contribution in [0.25, 0.3) is 0 Å². The van der Waals surface area contributed by atoms with E-state index in [1.807, 2.05) is 0 Å². The largest absolute Gasteiger partial charge is 0.402 e. The van der Waals surface area contributed by atoms with Crippen molar-refractivity contribution in [1.29, 1.82) is 0 Å². The van der Waals surface area contributed by atoms with Crippen LogP contribution < -0.4 is 11.1 Å². The standard InChI is InChI=1S/C7H14N2/c1-6(8)7-2-4-9-5-3-7/h7,9H,1-5,8H2. The van der Waals surface area contributed by atoms with Crippen molar-refractivity contribution in [2.24, 2.45) is 11.7 Å². The first-order valence-corrected chi connectivity index (χ1v) is 3.45. The molecule has 0 unspecified atom stereocenters. The summed E-state index contributed by atoms with van der Waals surface area (Å²) in [7, 11) is 0. The normalized spacial score (nSPS) is 21.8. The minimum absolute atomic E-state index is 0.575. The van der Waals surface area contributed by atoms with Gasteiger partial charge in [-0.05, 0) is 25.9 Å². The molecule has 1 aliphatic heterocycles. The lowest BCUT2D eigenvalue weighted by Gasteiger charge is -2.21. The van der Waals surface area contributed by atoms with Crippen LogP contribution in [0, 0.1) is 5.92 Å². The molecule has 1 rings (SSSR count). The van der Waals surface area contributed by atoms with Gasteiger partial charge in [0.1, 0.15) is 0 Å². The summed E-state index contributed by atoms with van der Waals surface area (Å²) >= 11 is 0. The molecule has 1 saturated heterocycles. The van der Waals surface area contributed by atoms with Gasteiger partial charge in [0.25, 0.3) is 0 Å². The van der Waals surface area contributed by atoms with Gasteiger partial charge in [-0.15, -0.1) is 0 Å². The number of hydrogen-bond acceptors (Lipinski definition) is 2.